The van der Waals surface area contributed by atoms with Crippen molar-refractivity contribution in [2.45, 2.75) is 25.8 Å². The Hall–Kier alpha value is -8.32. The van der Waals surface area contributed by atoms with Crippen LogP contribution in [0.1, 0.15) is 42.5 Å². The minimum atomic E-state index is -0.193. The lowest BCUT2D eigenvalue weighted by Gasteiger charge is -2.26. The minimum Gasteiger partial charge on any atom is -0.456 e. The molecule has 1 aliphatic rings. The summed E-state index contributed by atoms with van der Waals surface area (Å²) in [5.74, 6) is 0.892. The molecule has 2 atom stereocenters. The van der Waals surface area contributed by atoms with E-state index in [0.717, 1.165) is 79.4 Å². The van der Waals surface area contributed by atoms with Crippen molar-refractivity contribution in [2.24, 2.45) is 15.9 Å². The molecule has 0 N–H and O–H groups in total. The first-order chi connectivity index (χ1) is 34.1. The topological polar surface area (TPSA) is 55.9 Å². The molecule has 5 heterocycles. The van der Waals surface area contributed by atoms with Crippen molar-refractivity contribution in [1.29, 1.82) is 0 Å². The molecule has 4 aromatic heterocycles. The molecule has 10 aromatic carbocycles. The summed E-state index contributed by atoms with van der Waals surface area (Å²) in [5.41, 5.74) is 11.3. The van der Waals surface area contributed by atoms with Crippen molar-refractivity contribution in [3.63, 3.8) is 0 Å². The SMILES string of the molecule is CC1CC/C(c2ccc3oc4ccccc4c3c2)=N\C(c2ccc3oc4ccccc4c3c2)=N/C1c1cc(-n2c3cc4ccccc4cc3c3ccc4ccccc4c32)c2c(c1)sc1ccccc12. The predicted octanol–water partition coefficient (Wildman–Crippen LogP) is 17.7. The van der Waals surface area contributed by atoms with E-state index in [0.29, 0.717) is 0 Å². The number of thiophene rings is 1. The van der Waals surface area contributed by atoms with E-state index in [1.54, 1.807) is 0 Å². The Morgan fingerprint density at radius 1 is 0.493 bits per heavy atom. The van der Waals surface area contributed by atoms with Gasteiger partial charge in [0.2, 0.25) is 0 Å². The van der Waals surface area contributed by atoms with Gasteiger partial charge >= 0.3 is 0 Å². The highest BCUT2D eigenvalue weighted by Crippen LogP contribution is 2.46. The number of hydrogen-bond acceptors (Lipinski definition) is 5. The van der Waals surface area contributed by atoms with Gasteiger partial charge < -0.3 is 13.4 Å². The van der Waals surface area contributed by atoms with E-state index in [1.807, 2.05) is 35.6 Å². The maximum atomic E-state index is 6.35. The van der Waals surface area contributed by atoms with Gasteiger partial charge in [-0.1, -0.05) is 122 Å². The molecule has 0 bridgehead atoms. The second-order valence-corrected chi connectivity index (χ2v) is 19.9. The fourth-order valence-corrected chi connectivity index (χ4v) is 12.6. The molecule has 326 valence electrons. The van der Waals surface area contributed by atoms with Gasteiger partial charge in [-0.3, -0.25) is 4.99 Å². The van der Waals surface area contributed by atoms with Gasteiger partial charge in [0, 0.05) is 63.4 Å². The third-order valence-corrected chi connectivity index (χ3v) is 15.9. The van der Waals surface area contributed by atoms with Crippen LogP contribution < -0.4 is 0 Å². The Labute approximate surface area is 399 Å². The molecule has 15 rings (SSSR count). The number of rotatable bonds is 4. The third-order valence-electron chi connectivity index (χ3n) is 14.8. The van der Waals surface area contributed by atoms with Gasteiger partial charge in [-0.15, -0.1) is 11.3 Å². The second-order valence-electron chi connectivity index (χ2n) is 18.8. The van der Waals surface area contributed by atoms with E-state index in [9.17, 15) is 0 Å². The average Bonchev–Trinajstić information content (AvgIpc) is 4.15. The molecule has 5 nitrogen and oxygen atoms in total. The average molecular weight is 904 g/mol. The maximum Gasteiger partial charge on any atom is 0.155 e. The summed E-state index contributed by atoms with van der Waals surface area (Å²) < 4.78 is 17.7. The van der Waals surface area contributed by atoms with E-state index < -0.39 is 0 Å². The van der Waals surface area contributed by atoms with Crippen LogP contribution in [0.3, 0.4) is 0 Å². The van der Waals surface area contributed by atoms with Gasteiger partial charge in [0.05, 0.1) is 28.5 Å². The highest BCUT2D eigenvalue weighted by molar-refractivity contribution is 7.25. The van der Waals surface area contributed by atoms with Crippen molar-refractivity contribution in [3.8, 4) is 5.69 Å². The van der Waals surface area contributed by atoms with Crippen LogP contribution in [0.15, 0.2) is 213 Å². The quantitative estimate of drug-likeness (QED) is 0.177. The van der Waals surface area contributed by atoms with E-state index >= 15 is 0 Å². The number of benzene rings is 10. The Kier molecular flexibility index (Phi) is 8.33. The molecule has 2 unspecified atom stereocenters. The molecule has 0 radical (unpaired) electrons. The number of fused-ring (bicyclic) bond motifs is 15. The Bertz CT molecular complexity index is 4540. The Morgan fingerprint density at radius 3 is 1.88 bits per heavy atom. The highest BCUT2D eigenvalue weighted by Gasteiger charge is 2.28. The number of amidine groups is 1. The van der Waals surface area contributed by atoms with E-state index in [4.69, 9.17) is 18.8 Å². The molecule has 0 aliphatic carbocycles. The number of para-hydroxylation sites is 2. The molecule has 0 amide bonds. The van der Waals surface area contributed by atoms with Gasteiger partial charge in [0.25, 0.3) is 0 Å². The Balaban J connectivity index is 1.00. The zero-order valence-corrected chi connectivity index (χ0v) is 38.4. The highest BCUT2D eigenvalue weighted by atomic mass is 32.1. The molecular formula is C63H41N3O2S. The van der Waals surface area contributed by atoms with Gasteiger partial charge in [-0.2, -0.15) is 0 Å². The predicted molar refractivity (Wildman–Crippen MR) is 290 cm³/mol. The summed E-state index contributed by atoms with van der Waals surface area (Å²) in [5, 5.41) is 14.3. The van der Waals surface area contributed by atoms with E-state index in [2.05, 4.69) is 181 Å². The maximum absolute atomic E-state index is 6.35. The number of furan rings is 2. The first kappa shape index (κ1) is 38.8. The lowest BCUT2D eigenvalue weighted by Crippen LogP contribution is -2.18. The van der Waals surface area contributed by atoms with E-state index in [-0.39, 0.29) is 12.0 Å². The summed E-state index contributed by atoms with van der Waals surface area (Å²) in [6.07, 6.45) is 1.69. The Morgan fingerprint density at radius 2 is 1.12 bits per heavy atom. The summed E-state index contributed by atoms with van der Waals surface area (Å²) >= 11 is 1.87. The number of hydrogen-bond donors (Lipinski definition) is 0. The largest absolute Gasteiger partial charge is 0.456 e. The van der Waals surface area contributed by atoms with Crippen molar-refractivity contribution < 1.29 is 8.83 Å². The fraction of sp³-hybridized carbons (Fsp3) is 0.0794. The number of aliphatic imine (C=N–C) groups is 2. The third kappa shape index (κ3) is 5.95. The molecule has 1 aliphatic heterocycles. The molecule has 0 spiro atoms. The van der Waals surface area contributed by atoms with Crippen molar-refractivity contribution in [2.75, 3.05) is 0 Å². The zero-order chi connectivity index (χ0) is 45.3. The van der Waals surface area contributed by atoms with Crippen molar-refractivity contribution in [1.82, 2.24) is 4.57 Å². The first-order valence-corrected chi connectivity index (χ1v) is 24.7. The van der Waals surface area contributed by atoms with Crippen LogP contribution in [-0.2, 0) is 0 Å². The molecule has 14 aromatic rings. The summed E-state index contributed by atoms with van der Waals surface area (Å²) in [6, 6.07) is 70.1. The van der Waals surface area contributed by atoms with Gasteiger partial charge in [-0.25, -0.2) is 4.99 Å². The second kappa shape index (κ2) is 14.8. The minimum absolute atomic E-state index is 0.171. The van der Waals surface area contributed by atoms with E-state index in [1.165, 1.54) is 74.8 Å². The van der Waals surface area contributed by atoms with Crippen LogP contribution >= 0.6 is 11.3 Å². The molecule has 6 heteroatoms. The van der Waals surface area contributed by atoms with Crippen LogP contribution in [0.5, 0.6) is 0 Å². The van der Waals surface area contributed by atoms with Crippen LogP contribution in [0.2, 0.25) is 0 Å². The van der Waals surface area contributed by atoms with Crippen molar-refractivity contribution in [3.05, 3.63) is 211 Å². The monoisotopic (exact) mass is 903 g/mol. The first-order valence-electron chi connectivity index (χ1n) is 23.9. The molecule has 0 saturated carbocycles. The standard InChI is InChI=1S/C63H41N3O2S/c1-36-22-27-51(40-24-28-56-49(31-40)44-16-6-9-19-54(44)67-56)64-63(41-25-29-57-50(32-41)45-17-7-10-20-55(45)68-57)65-61(36)42-34-53(60-47-18-8-11-21-58(47)69-59(60)35-42)66-52-33-39-14-3-2-13-38(39)30-48(52)46-26-23-37-12-4-5-15-43(37)62(46)66/h2-21,23-26,28-36,61H,22,27H2,1H3/b64-51+,65-63-. The number of aromatic nitrogens is 1. The molecule has 69 heavy (non-hydrogen) atoms. The fourth-order valence-electron chi connectivity index (χ4n) is 11.4. The summed E-state index contributed by atoms with van der Waals surface area (Å²) in [7, 11) is 0. The molecular weight excluding hydrogens is 863 g/mol. The van der Waals surface area contributed by atoms with Gasteiger partial charge in [0.15, 0.2) is 5.84 Å². The summed E-state index contributed by atoms with van der Waals surface area (Å²) in [6.45, 7) is 2.38. The van der Waals surface area contributed by atoms with Crippen LogP contribution in [0.4, 0.5) is 0 Å². The molecule has 0 fully saturated rings. The van der Waals surface area contributed by atoms with Crippen molar-refractivity contribution >= 4 is 130 Å². The van der Waals surface area contributed by atoms with Crippen LogP contribution in [0, 0.1) is 5.92 Å². The van der Waals surface area contributed by atoms with Crippen LogP contribution in [-0.4, -0.2) is 16.1 Å². The normalized spacial score (nSPS) is 17.5. The zero-order valence-electron chi connectivity index (χ0n) is 37.6. The molecule has 0 saturated heterocycles. The summed E-state index contributed by atoms with van der Waals surface area (Å²) in [4.78, 5) is 11.5. The van der Waals surface area contributed by atoms with Crippen LogP contribution in [0.25, 0.3) is 113 Å². The smallest absolute Gasteiger partial charge is 0.155 e. The lowest BCUT2D eigenvalue weighted by atomic mass is 9.87. The number of nitrogens with zero attached hydrogens (tertiary/aromatic N) is 3. The van der Waals surface area contributed by atoms with Gasteiger partial charge in [0.1, 0.15) is 22.3 Å². The van der Waals surface area contributed by atoms with Gasteiger partial charge in [-0.05, 0) is 125 Å². The lowest BCUT2D eigenvalue weighted by molar-refractivity contribution is 0.446.